The van der Waals surface area contributed by atoms with E-state index in [0.717, 1.165) is 12.3 Å². The number of hydrogen-bond donors (Lipinski definition) is 3. The Bertz CT molecular complexity index is 775. The molecule has 0 saturated carbocycles. The van der Waals surface area contributed by atoms with Gasteiger partial charge in [0.1, 0.15) is 11.4 Å². The summed E-state index contributed by atoms with van der Waals surface area (Å²) in [7, 11) is -4.29. The molecule has 3 N–H and O–H groups in total. The molecule has 10 heteroatoms. The van der Waals surface area contributed by atoms with Gasteiger partial charge in [-0.3, -0.25) is 9.82 Å². The first kappa shape index (κ1) is 14.5. The molecule has 0 aliphatic rings. The second-order valence-electron chi connectivity index (χ2n) is 3.65. The number of carboxylic acids is 1. The largest absolute Gasteiger partial charge is 0.478 e. The molecule has 0 unspecified atom stereocenters. The van der Waals surface area contributed by atoms with Crippen molar-refractivity contribution < 1.29 is 22.7 Å². The molecular formula is C10H7BrFN3O4S. The normalized spacial score (nSPS) is 11.3. The Morgan fingerprint density at radius 3 is 2.80 bits per heavy atom. The third-order valence-corrected chi connectivity index (χ3v) is 4.11. The minimum Gasteiger partial charge on any atom is -0.478 e. The number of aromatic nitrogens is 2. The minimum absolute atomic E-state index is 0.315. The molecule has 0 atom stereocenters. The summed E-state index contributed by atoms with van der Waals surface area (Å²) in [5, 5.41) is 13.6. The number of hydrogen-bond acceptors (Lipinski definition) is 4. The van der Waals surface area contributed by atoms with Gasteiger partial charge in [0.25, 0.3) is 10.0 Å². The van der Waals surface area contributed by atoms with Crippen LogP contribution in [0.5, 0.6) is 0 Å². The van der Waals surface area contributed by atoms with E-state index in [2.05, 4.69) is 26.1 Å². The van der Waals surface area contributed by atoms with E-state index in [4.69, 9.17) is 5.11 Å². The second kappa shape index (κ2) is 5.21. The Hall–Kier alpha value is -1.94. The van der Waals surface area contributed by atoms with Gasteiger partial charge in [-0.1, -0.05) is 15.9 Å². The molecule has 106 valence electrons. The van der Waals surface area contributed by atoms with Crippen LogP contribution in [0.15, 0.2) is 33.9 Å². The zero-order valence-corrected chi connectivity index (χ0v) is 12.0. The van der Waals surface area contributed by atoms with Crippen molar-refractivity contribution in [1.29, 1.82) is 0 Å². The molecule has 0 aliphatic heterocycles. The number of nitrogens with zero attached hydrogens (tertiary/aromatic N) is 1. The van der Waals surface area contributed by atoms with E-state index >= 15 is 0 Å². The van der Waals surface area contributed by atoms with Gasteiger partial charge >= 0.3 is 5.97 Å². The number of aromatic amines is 1. The van der Waals surface area contributed by atoms with Crippen LogP contribution in [0.4, 0.5) is 10.1 Å². The number of carboxylic acid groups (broad SMARTS) is 1. The number of anilines is 1. The van der Waals surface area contributed by atoms with Crippen LogP contribution in [-0.2, 0) is 10.0 Å². The summed E-state index contributed by atoms with van der Waals surface area (Å²) in [6.07, 6.45) is 0.855. The lowest BCUT2D eigenvalue weighted by atomic mass is 10.3. The average Bonchev–Trinajstić information content (AvgIpc) is 2.83. The standard InChI is InChI=1S/C10H7BrFN3O4S/c11-5-1-2-7(12)8(3-5)15-20(18,19)9-6(10(16)17)4-13-14-9/h1-4,15H,(H,13,14)(H,16,17). The van der Waals surface area contributed by atoms with Crippen molar-refractivity contribution in [3.05, 3.63) is 40.2 Å². The number of H-pyrrole nitrogens is 1. The first-order valence-corrected chi connectivity index (χ1v) is 7.33. The van der Waals surface area contributed by atoms with Crippen LogP contribution in [0, 0.1) is 5.82 Å². The van der Waals surface area contributed by atoms with Crippen molar-refractivity contribution in [1.82, 2.24) is 10.2 Å². The third-order valence-electron chi connectivity index (χ3n) is 2.28. The van der Waals surface area contributed by atoms with E-state index < -0.39 is 32.4 Å². The SMILES string of the molecule is O=C(O)c1cn[nH]c1S(=O)(=O)Nc1cc(Br)ccc1F. The molecule has 0 radical (unpaired) electrons. The molecule has 0 aliphatic carbocycles. The Kier molecular flexibility index (Phi) is 3.77. The van der Waals surface area contributed by atoms with Gasteiger partial charge in [0, 0.05) is 4.47 Å². The fraction of sp³-hybridized carbons (Fsp3) is 0. The number of sulfonamides is 1. The number of halogens is 2. The highest BCUT2D eigenvalue weighted by Gasteiger charge is 2.25. The maximum Gasteiger partial charge on any atom is 0.340 e. The molecule has 1 aromatic carbocycles. The molecule has 7 nitrogen and oxygen atoms in total. The van der Waals surface area contributed by atoms with Crippen molar-refractivity contribution in [3.63, 3.8) is 0 Å². The summed E-state index contributed by atoms with van der Waals surface area (Å²) in [6.45, 7) is 0. The van der Waals surface area contributed by atoms with Gasteiger partial charge < -0.3 is 5.11 Å². The van der Waals surface area contributed by atoms with E-state index in [-0.39, 0.29) is 5.69 Å². The summed E-state index contributed by atoms with van der Waals surface area (Å²) < 4.78 is 40.0. The molecule has 0 spiro atoms. The number of nitrogens with one attached hydrogen (secondary N) is 2. The summed E-state index contributed by atoms with van der Waals surface area (Å²) >= 11 is 3.07. The van der Waals surface area contributed by atoms with Crippen molar-refractivity contribution in [3.8, 4) is 0 Å². The Labute approximate surface area is 121 Å². The van der Waals surface area contributed by atoms with Gasteiger partial charge in [0.2, 0.25) is 0 Å². The van der Waals surface area contributed by atoms with Crippen LogP contribution in [0.25, 0.3) is 0 Å². The summed E-state index contributed by atoms with van der Waals surface area (Å²) in [4.78, 5) is 10.9. The van der Waals surface area contributed by atoms with Crippen LogP contribution in [-0.4, -0.2) is 29.7 Å². The lowest BCUT2D eigenvalue weighted by molar-refractivity contribution is 0.0692. The summed E-state index contributed by atoms with van der Waals surface area (Å²) in [5.74, 6) is -2.26. The van der Waals surface area contributed by atoms with Crippen LogP contribution in [0.2, 0.25) is 0 Å². The molecule has 1 aromatic heterocycles. The van der Waals surface area contributed by atoms with Gasteiger partial charge in [-0.15, -0.1) is 0 Å². The highest BCUT2D eigenvalue weighted by molar-refractivity contribution is 9.10. The Morgan fingerprint density at radius 1 is 1.45 bits per heavy atom. The number of aromatic carboxylic acids is 1. The number of carbonyl (C=O) groups is 1. The maximum absolute atomic E-state index is 13.5. The molecule has 0 bridgehead atoms. The molecule has 0 amide bonds. The van der Waals surface area contributed by atoms with Gasteiger partial charge in [-0.25, -0.2) is 9.18 Å². The van der Waals surface area contributed by atoms with Crippen LogP contribution in [0.3, 0.4) is 0 Å². The first-order chi connectivity index (χ1) is 9.31. The number of rotatable bonds is 4. The van der Waals surface area contributed by atoms with E-state index in [1.165, 1.54) is 12.1 Å². The molecule has 0 fully saturated rings. The average molecular weight is 364 g/mol. The fourth-order valence-corrected chi connectivity index (χ4v) is 2.91. The minimum atomic E-state index is -4.29. The van der Waals surface area contributed by atoms with Gasteiger partial charge in [0.15, 0.2) is 5.03 Å². The van der Waals surface area contributed by atoms with Crippen LogP contribution in [0.1, 0.15) is 10.4 Å². The predicted molar refractivity (Wildman–Crippen MR) is 70.5 cm³/mol. The smallest absolute Gasteiger partial charge is 0.340 e. The Morgan fingerprint density at radius 2 is 2.15 bits per heavy atom. The topological polar surface area (TPSA) is 112 Å². The van der Waals surface area contributed by atoms with Crippen LogP contribution < -0.4 is 4.72 Å². The van der Waals surface area contributed by atoms with Crippen molar-refractivity contribution in [2.45, 2.75) is 5.03 Å². The molecule has 0 saturated heterocycles. The quantitative estimate of drug-likeness (QED) is 0.766. The fourth-order valence-electron chi connectivity index (χ4n) is 1.40. The van der Waals surface area contributed by atoms with E-state index in [9.17, 15) is 17.6 Å². The molecule has 2 aromatic rings. The molecule has 20 heavy (non-hydrogen) atoms. The van der Waals surface area contributed by atoms with Gasteiger partial charge in [-0.05, 0) is 18.2 Å². The molecular weight excluding hydrogens is 357 g/mol. The first-order valence-electron chi connectivity index (χ1n) is 5.06. The van der Waals surface area contributed by atoms with Gasteiger partial charge in [0.05, 0.1) is 11.9 Å². The zero-order chi connectivity index (χ0) is 14.9. The van der Waals surface area contributed by atoms with E-state index in [1.54, 1.807) is 0 Å². The zero-order valence-electron chi connectivity index (χ0n) is 9.59. The monoisotopic (exact) mass is 363 g/mol. The maximum atomic E-state index is 13.5. The van der Waals surface area contributed by atoms with Crippen molar-refractivity contribution >= 4 is 37.6 Å². The van der Waals surface area contributed by atoms with Crippen molar-refractivity contribution in [2.24, 2.45) is 0 Å². The predicted octanol–water partition coefficient (Wildman–Crippen LogP) is 1.81. The number of benzene rings is 1. The lowest BCUT2D eigenvalue weighted by Gasteiger charge is -2.08. The molecule has 2 rings (SSSR count). The summed E-state index contributed by atoms with van der Waals surface area (Å²) in [5.41, 5.74) is -0.849. The Balaban J connectivity index is 2.44. The van der Waals surface area contributed by atoms with Crippen LogP contribution >= 0.6 is 15.9 Å². The van der Waals surface area contributed by atoms with Gasteiger partial charge in [-0.2, -0.15) is 13.5 Å². The van der Waals surface area contributed by atoms with Crippen molar-refractivity contribution in [2.75, 3.05) is 4.72 Å². The lowest BCUT2D eigenvalue weighted by Crippen LogP contribution is -2.17. The second-order valence-corrected chi connectivity index (χ2v) is 6.18. The van der Waals surface area contributed by atoms with E-state index in [0.29, 0.717) is 4.47 Å². The third kappa shape index (κ3) is 2.80. The highest BCUT2D eigenvalue weighted by atomic mass is 79.9. The highest BCUT2D eigenvalue weighted by Crippen LogP contribution is 2.23. The summed E-state index contributed by atoms with van der Waals surface area (Å²) in [6, 6.07) is 3.67. The van der Waals surface area contributed by atoms with E-state index in [1.807, 2.05) is 4.72 Å². The molecule has 1 heterocycles.